The van der Waals surface area contributed by atoms with Crippen molar-refractivity contribution in [1.29, 1.82) is 0 Å². The van der Waals surface area contributed by atoms with Gasteiger partial charge < -0.3 is 5.32 Å². The number of hydrogen-bond donors (Lipinski definition) is 1. The predicted octanol–water partition coefficient (Wildman–Crippen LogP) is 4.52. The molecule has 2 aliphatic rings. The maximum atomic E-state index is 13.9. The van der Waals surface area contributed by atoms with E-state index in [0.29, 0.717) is 25.4 Å². The van der Waals surface area contributed by atoms with E-state index in [1.165, 1.54) is 17.0 Å². The van der Waals surface area contributed by atoms with Crippen LogP contribution in [0.15, 0.2) is 84.9 Å². The molecule has 2 fully saturated rings. The number of imide groups is 1. The van der Waals surface area contributed by atoms with E-state index in [-0.39, 0.29) is 24.4 Å². The van der Waals surface area contributed by atoms with Crippen LogP contribution >= 0.6 is 0 Å². The number of hydrogen-bond acceptors (Lipinski definition) is 3. The molecule has 5 nitrogen and oxygen atoms in total. The summed E-state index contributed by atoms with van der Waals surface area (Å²) in [5.41, 5.74) is 1.92. The highest BCUT2D eigenvalue weighted by molar-refractivity contribution is 6.07. The number of nitrogens with zero attached hydrogens (tertiary/aromatic N) is 2. The quantitative estimate of drug-likeness (QED) is 0.481. The van der Waals surface area contributed by atoms with Crippen molar-refractivity contribution in [2.45, 2.75) is 43.8 Å². The number of benzene rings is 3. The van der Waals surface area contributed by atoms with Crippen LogP contribution in [0, 0.1) is 5.82 Å². The van der Waals surface area contributed by atoms with E-state index in [0.717, 1.165) is 29.5 Å². The highest BCUT2D eigenvalue weighted by atomic mass is 19.1. The molecule has 1 aliphatic carbocycles. The number of halogens is 1. The smallest absolute Gasteiger partial charge is 0.322 e. The molecule has 1 aliphatic heterocycles. The van der Waals surface area contributed by atoms with Crippen molar-refractivity contribution >= 4 is 11.9 Å². The number of carbonyl (C=O) groups excluding carboxylic acids is 2. The van der Waals surface area contributed by atoms with Gasteiger partial charge in [-0.25, -0.2) is 14.1 Å². The molecule has 0 radical (unpaired) electrons. The lowest BCUT2D eigenvalue weighted by atomic mass is 9.84. The Balaban J connectivity index is 1.40. The van der Waals surface area contributed by atoms with Gasteiger partial charge in [-0.05, 0) is 41.7 Å². The molecule has 6 heteroatoms. The Morgan fingerprint density at radius 1 is 0.824 bits per heavy atom. The fourth-order valence-corrected chi connectivity index (χ4v) is 4.74. The Morgan fingerprint density at radius 2 is 1.38 bits per heavy atom. The SMILES string of the molecule is O=C1NC(Cc2ccccc2)(Cc2ccccc2)C(=O)N1CN(Cc1ccc(F)cc1)C1CC1. The Bertz CT molecular complexity index is 1110. The third-order valence-electron chi connectivity index (χ3n) is 6.63. The van der Waals surface area contributed by atoms with Gasteiger partial charge in [0.2, 0.25) is 0 Å². The molecule has 0 bridgehead atoms. The summed E-state index contributed by atoms with van der Waals surface area (Å²) < 4.78 is 13.3. The van der Waals surface area contributed by atoms with Gasteiger partial charge in [-0.15, -0.1) is 0 Å². The zero-order valence-corrected chi connectivity index (χ0v) is 19.0. The Kier molecular flexibility index (Phi) is 6.16. The van der Waals surface area contributed by atoms with Gasteiger partial charge in [0, 0.05) is 25.4 Å². The number of carbonyl (C=O) groups is 2. The van der Waals surface area contributed by atoms with Crippen LogP contribution in [0.3, 0.4) is 0 Å². The predicted molar refractivity (Wildman–Crippen MR) is 128 cm³/mol. The zero-order chi connectivity index (χ0) is 23.5. The lowest BCUT2D eigenvalue weighted by Crippen LogP contribution is -2.51. The number of nitrogens with one attached hydrogen (secondary N) is 1. The van der Waals surface area contributed by atoms with Crippen molar-refractivity contribution in [2.75, 3.05) is 6.67 Å². The van der Waals surface area contributed by atoms with Gasteiger partial charge >= 0.3 is 6.03 Å². The van der Waals surface area contributed by atoms with Gasteiger partial charge in [-0.3, -0.25) is 9.69 Å². The molecule has 3 aromatic carbocycles. The molecule has 0 spiro atoms. The van der Waals surface area contributed by atoms with Crippen molar-refractivity contribution in [3.63, 3.8) is 0 Å². The molecule has 5 rings (SSSR count). The molecule has 174 valence electrons. The summed E-state index contributed by atoms with van der Waals surface area (Å²) in [7, 11) is 0. The summed E-state index contributed by atoms with van der Waals surface area (Å²) in [6.07, 6.45) is 2.91. The normalized spacial score (nSPS) is 17.3. The topological polar surface area (TPSA) is 52.7 Å². The van der Waals surface area contributed by atoms with Gasteiger partial charge in [-0.1, -0.05) is 72.8 Å². The highest BCUT2D eigenvalue weighted by Gasteiger charge is 2.52. The lowest BCUT2D eigenvalue weighted by Gasteiger charge is -2.29. The molecular formula is C28H28FN3O2. The Morgan fingerprint density at radius 3 is 1.91 bits per heavy atom. The van der Waals surface area contributed by atoms with Crippen LogP contribution in [0.1, 0.15) is 29.5 Å². The van der Waals surface area contributed by atoms with Crippen LogP contribution in [-0.2, 0) is 24.2 Å². The fraction of sp³-hybridized carbons (Fsp3) is 0.286. The molecule has 0 atom stereocenters. The monoisotopic (exact) mass is 457 g/mol. The second-order valence-corrected chi connectivity index (χ2v) is 9.32. The van der Waals surface area contributed by atoms with Gasteiger partial charge in [0.15, 0.2) is 0 Å². The Hall–Kier alpha value is -3.51. The van der Waals surface area contributed by atoms with Crippen molar-refractivity contribution in [3.05, 3.63) is 107 Å². The first-order chi connectivity index (χ1) is 16.5. The first-order valence-electron chi connectivity index (χ1n) is 11.7. The number of amides is 3. The van der Waals surface area contributed by atoms with Crippen LogP contribution in [0.2, 0.25) is 0 Å². The van der Waals surface area contributed by atoms with E-state index in [4.69, 9.17) is 0 Å². The van der Waals surface area contributed by atoms with E-state index in [2.05, 4.69) is 10.2 Å². The summed E-state index contributed by atoms with van der Waals surface area (Å²) in [4.78, 5) is 30.6. The first-order valence-corrected chi connectivity index (χ1v) is 11.7. The van der Waals surface area contributed by atoms with Crippen molar-refractivity contribution in [3.8, 4) is 0 Å². The van der Waals surface area contributed by atoms with Gasteiger partial charge in [0.05, 0.1) is 6.67 Å². The zero-order valence-electron chi connectivity index (χ0n) is 19.0. The average molecular weight is 458 g/mol. The molecule has 0 unspecified atom stereocenters. The summed E-state index contributed by atoms with van der Waals surface area (Å²) in [6.45, 7) is 0.782. The first kappa shape index (κ1) is 22.3. The van der Waals surface area contributed by atoms with Gasteiger partial charge in [-0.2, -0.15) is 0 Å². The van der Waals surface area contributed by atoms with Gasteiger partial charge in [0.1, 0.15) is 11.4 Å². The third kappa shape index (κ3) is 4.87. The standard InChI is InChI=1S/C28H28FN3O2/c29-24-13-11-23(12-14-24)19-31(25-15-16-25)20-32-26(33)28(30-27(32)34,17-21-7-3-1-4-8-21)18-22-9-5-2-6-10-22/h1-14,25H,15-20H2,(H,30,34). The van der Waals surface area contributed by atoms with E-state index in [1.54, 1.807) is 12.1 Å². The fourth-order valence-electron chi connectivity index (χ4n) is 4.74. The molecule has 3 aromatic rings. The lowest BCUT2D eigenvalue weighted by molar-refractivity contribution is -0.133. The minimum atomic E-state index is -1.04. The Labute approximate surface area is 199 Å². The summed E-state index contributed by atoms with van der Waals surface area (Å²) in [6, 6.07) is 26.0. The van der Waals surface area contributed by atoms with Crippen LogP contribution in [0.25, 0.3) is 0 Å². The van der Waals surface area contributed by atoms with Crippen LogP contribution in [0.5, 0.6) is 0 Å². The summed E-state index contributed by atoms with van der Waals surface area (Å²) in [5.74, 6) is -0.475. The molecule has 1 heterocycles. The minimum Gasteiger partial charge on any atom is -0.322 e. The van der Waals surface area contributed by atoms with Crippen LogP contribution in [0.4, 0.5) is 9.18 Å². The van der Waals surface area contributed by atoms with E-state index >= 15 is 0 Å². The minimum absolute atomic E-state index is 0.199. The highest BCUT2D eigenvalue weighted by Crippen LogP contribution is 2.32. The van der Waals surface area contributed by atoms with E-state index in [1.807, 2.05) is 60.7 Å². The van der Waals surface area contributed by atoms with Crippen LogP contribution < -0.4 is 5.32 Å². The number of urea groups is 1. The number of rotatable bonds is 9. The molecule has 1 N–H and O–H groups in total. The van der Waals surface area contributed by atoms with Crippen molar-refractivity contribution < 1.29 is 14.0 Å². The van der Waals surface area contributed by atoms with Crippen molar-refractivity contribution in [1.82, 2.24) is 15.1 Å². The molecule has 1 saturated carbocycles. The van der Waals surface area contributed by atoms with E-state index in [9.17, 15) is 14.0 Å². The maximum absolute atomic E-state index is 13.9. The average Bonchev–Trinajstić information content (AvgIpc) is 3.66. The molecule has 34 heavy (non-hydrogen) atoms. The molecule has 1 saturated heterocycles. The summed E-state index contributed by atoms with van der Waals surface area (Å²) in [5, 5.41) is 3.06. The third-order valence-corrected chi connectivity index (χ3v) is 6.63. The molecule has 0 aromatic heterocycles. The largest absolute Gasteiger partial charge is 0.326 e. The van der Waals surface area contributed by atoms with E-state index < -0.39 is 5.54 Å². The van der Waals surface area contributed by atoms with Gasteiger partial charge in [0.25, 0.3) is 5.91 Å². The second kappa shape index (κ2) is 9.39. The summed E-state index contributed by atoms with van der Waals surface area (Å²) >= 11 is 0. The molecular weight excluding hydrogens is 429 g/mol. The molecule has 3 amide bonds. The maximum Gasteiger partial charge on any atom is 0.326 e. The van der Waals surface area contributed by atoms with Crippen LogP contribution in [-0.4, -0.2) is 40.0 Å². The second-order valence-electron chi connectivity index (χ2n) is 9.32. The van der Waals surface area contributed by atoms with Crippen molar-refractivity contribution in [2.24, 2.45) is 0 Å².